The van der Waals surface area contributed by atoms with E-state index >= 15 is 0 Å². The second kappa shape index (κ2) is 11.2. The van der Waals surface area contributed by atoms with E-state index in [9.17, 15) is 19.1 Å². The predicted molar refractivity (Wildman–Crippen MR) is 142 cm³/mol. The first kappa shape index (κ1) is 25.7. The van der Waals surface area contributed by atoms with Gasteiger partial charge >= 0.3 is 5.91 Å². The molecule has 2 aromatic heterocycles. The van der Waals surface area contributed by atoms with Crippen molar-refractivity contribution in [2.75, 3.05) is 11.5 Å². The van der Waals surface area contributed by atoms with E-state index in [1.807, 2.05) is 6.92 Å². The Morgan fingerprint density at radius 2 is 1.89 bits per heavy atom. The van der Waals surface area contributed by atoms with Gasteiger partial charge in [0.05, 0.1) is 18.4 Å². The largest absolute Gasteiger partial charge is 0.507 e. The molecule has 0 saturated carbocycles. The van der Waals surface area contributed by atoms with Gasteiger partial charge in [-0.2, -0.15) is 0 Å². The van der Waals surface area contributed by atoms with Gasteiger partial charge in [-0.3, -0.25) is 14.5 Å². The van der Waals surface area contributed by atoms with Crippen LogP contribution in [0.1, 0.15) is 36.3 Å². The van der Waals surface area contributed by atoms with Crippen LogP contribution in [-0.4, -0.2) is 33.6 Å². The van der Waals surface area contributed by atoms with E-state index in [-0.39, 0.29) is 22.3 Å². The lowest BCUT2D eigenvalue weighted by Crippen LogP contribution is -2.29. The van der Waals surface area contributed by atoms with Gasteiger partial charge in [-0.05, 0) is 60.5 Å². The number of benzene rings is 2. The van der Waals surface area contributed by atoms with Gasteiger partial charge in [-0.1, -0.05) is 42.2 Å². The first-order chi connectivity index (χ1) is 18.5. The van der Waals surface area contributed by atoms with E-state index in [0.29, 0.717) is 33.8 Å². The molecule has 8 nitrogen and oxygen atoms in total. The predicted octanol–water partition coefficient (Wildman–Crippen LogP) is 5.98. The van der Waals surface area contributed by atoms with E-state index in [4.69, 9.17) is 9.15 Å². The molecule has 38 heavy (non-hydrogen) atoms. The van der Waals surface area contributed by atoms with E-state index < -0.39 is 17.7 Å². The highest BCUT2D eigenvalue weighted by Gasteiger charge is 2.49. The maximum Gasteiger partial charge on any atom is 0.302 e. The Kier molecular flexibility index (Phi) is 7.57. The zero-order valence-electron chi connectivity index (χ0n) is 20.2. The number of rotatable bonds is 9. The van der Waals surface area contributed by atoms with Gasteiger partial charge in [0, 0.05) is 11.3 Å². The molecule has 3 heterocycles. The van der Waals surface area contributed by atoms with Crippen molar-refractivity contribution in [2.45, 2.75) is 29.5 Å². The van der Waals surface area contributed by atoms with E-state index in [1.165, 1.54) is 35.1 Å². The molecule has 1 unspecified atom stereocenters. The second-order valence-corrected chi connectivity index (χ2v) is 10.5. The summed E-state index contributed by atoms with van der Waals surface area (Å²) < 4.78 is 24.9. The Morgan fingerprint density at radius 3 is 2.58 bits per heavy atom. The minimum atomic E-state index is -1.02. The van der Waals surface area contributed by atoms with Gasteiger partial charge in [-0.15, -0.1) is 10.2 Å². The topological polar surface area (TPSA) is 106 Å². The molecule has 5 rings (SSSR count). The zero-order chi connectivity index (χ0) is 26.6. The summed E-state index contributed by atoms with van der Waals surface area (Å²) in [6.45, 7) is 2.56. The van der Waals surface area contributed by atoms with Crippen LogP contribution >= 0.6 is 23.1 Å². The number of carbonyl (C=O) groups excluding carboxylic acids is 2. The smallest absolute Gasteiger partial charge is 0.302 e. The molecule has 1 fully saturated rings. The Morgan fingerprint density at radius 1 is 1.13 bits per heavy atom. The lowest BCUT2D eigenvalue weighted by Gasteiger charge is -2.20. The third-order valence-electron chi connectivity index (χ3n) is 5.74. The number of anilines is 1. The number of aliphatic hydroxyl groups excluding tert-OH is 1. The molecule has 1 amide bonds. The lowest BCUT2D eigenvalue weighted by molar-refractivity contribution is -0.132. The average Bonchev–Trinajstić information content (AvgIpc) is 3.68. The van der Waals surface area contributed by atoms with Crippen molar-refractivity contribution in [3.05, 3.63) is 95.2 Å². The van der Waals surface area contributed by atoms with E-state index in [2.05, 4.69) is 10.2 Å². The van der Waals surface area contributed by atoms with Crippen LogP contribution in [0, 0.1) is 5.82 Å². The number of amides is 1. The summed E-state index contributed by atoms with van der Waals surface area (Å²) in [4.78, 5) is 27.6. The number of halogens is 1. The van der Waals surface area contributed by atoms with Crippen LogP contribution in [0.25, 0.3) is 5.76 Å². The van der Waals surface area contributed by atoms with Crippen LogP contribution in [0.3, 0.4) is 0 Å². The van der Waals surface area contributed by atoms with Crippen LogP contribution in [-0.2, 0) is 15.3 Å². The number of carbonyl (C=O) groups is 2. The third kappa shape index (κ3) is 5.20. The first-order valence-corrected chi connectivity index (χ1v) is 13.5. The van der Waals surface area contributed by atoms with E-state index in [0.717, 1.165) is 23.3 Å². The molecular weight excluding hydrogens is 529 g/mol. The molecule has 11 heteroatoms. The van der Waals surface area contributed by atoms with Gasteiger partial charge in [0.1, 0.15) is 29.1 Å². The van der Waals surface area contributed by atoms with Crippen molar-refractivity contribution in [1.29, 1.82) is 0 Å². The van der Waals surface area contributed by atoms with Crippen molar-refractivity contribution >= 4 is 45.7 Å². The number of ketones is 1. The molecule has 1 aliphatic rings. The Bertz CT molecular complexity index is 1470. The van der Waals surface area contributed by atoms with Crippen molar-refractivity contribution in [2.24, 2.45) is 0 Å². The Balaban J connectivity index is 1.46. The number of hydrogen-bond donors (Lipinski definition) is 1. The van der Waals surface area contributed by atoms with Crippen molar-refractivity contribution in [3.8, 4) is 5.75 Å². The Labute approximate surface area is 225 Å². The molecule has 4 aromatic rings. The fourth-order valence-corrected chi connectivity index (χ4v) is 5.74. The molecule has 1 atom stereocenters. The maximum absolute atomic E-state index is 13.2. The highest BCUT2D eigenvalue weighted by molar-refractivity contribution is 8.00. The lowest BCUT2D eigenvalue weighted by atomic mass is 9.99. The minimum Gasteiger partial charge on any atom is -0.507 e. The number of Topliss-reactive ketones (excluding diaryl/α,β-unsaturated/α-hetero) is 1. The number of furan rings is 1. The summed E-state index contributed by atoms with van der Waals surface area (Å²) in [7, 11) is 0. The summed E-state index contributed by atoms with van der Waals surface area (Å²) in [5.41, 5.74) is 1.15. The molecule has 0 bridgehead atoms. The highest BCUT2D eigenvalue weighted by Crippen LogP contribution is 2.44. The quantitative estimate of drug-likeness (QED) is 0.0891. The van der Waals surface area contributed by atoms with Crippen LogP contribution in [0.2, 0.25) is 0 Å². The number of thioether (sulfide) groups is 1. The molecule has 0 radical (unpaired) electrons. The van der Waals surface area contributed by atoms with Gasteiger partial charge in [0.2, 0.25) is 5.13 Å². The monoisotopic (exact) mass is 551 g/mol. The summed E-state index contributed by atoms with van der Waals surface area (Å²) in [6, 6.07) is 15.0. The van der Waals surface area contributed by atoms with Gasteiger partial charge in [0.15, 0.2) is 4.34 Å². The molecule has 194 valence electrons. The molecule has 1 N–H and O–H groups in total. The van der Waals surface area contributed by atoms with Gasteiger partial charge in [-0.25, -0.2) is 4.39 Å². The second-order valence-electron chi connectivity index (χ2n) is 8.32. The van der Waals surface area contributed by atoms with Crippen molar-refractivity contribution in [3.63, 3.8) is 0 Å². The third-order valence-corrected chi connectivity index (χ3v) is 7.86. The summed E-state index contributed by atoms with van der Waals surface area (Å²) in [5, 5.41) is 19.7. The number of aliphatic hydroxyl groups is 1. The van der Waals surface area contributed by atoms with Crippen LogP contribution in [0.5, 0.6) is 5.75 Å². The number of nitrogens with zero attached hydrogens (tertiary/aromatic N) is 3. The van der Waals surface area contributed by atoms with Gasteiger partial charge in [0.25, 0.3) is 5.78 Å². The minimum absolute atomic E-state index is 0.108. The first-order valence-electron chi connectivity index (χ1n) is 11.7. The van der Waals surface area contributed by atoms with E-state index in [1.54, 1.807) is 48.5 Å². The average molecular weight is 552 g/mol. The summed E-state index contributed by atoms with van der Waals surface area (Å²) in [6.07, 6.45) is 2.28. The van der Waals surface area contributed by atoms with Crippen molar-refractivity contribution < 1.29 is 28.2 Å². The van der Waals surface area contributed by atoms with Gasteiger partial charge < -0.3 is 14.3 Å². The summed E-state index contributed by atoms with van der Waals surface area (Å²) in [5.74, 6) is -0.896. The van der Waals surface area contributed by atoms with Crippen LogP contribution in [0.15, 0.2) is 81.3 Å². The highest BCUT2D eigenvalue weighted by atomic mass is 32.2. The van der Waals surface area contributed by atoms with Crippen LogP contribution < -0.4 is 9.64 Å². The molecule has 2 aromatic carbocycles. The standard InChI is InChI=1S/C27H22FN3O5S2/c1-2-13-35-19-11-7-17(8-12-19)23(32)21-22(20-4-3-14-36-20)31(25(34)24(21)33)26-29-30-27(38-26)37-15-16-5-9-18(28)10-6-16/h3-12,14,22,32H,2,13,15H2,1H3/b23-21-. The molecular formula is C27H22FN3O5S2. The Hall–Kier alpha value is -3.96. The molecule has 0 aliphatic carbocycles. The fraction of sp³-hybridized carbons (Fsp3) is 0.185. The number of aromatic nitrogens is 2. The molecule has 1 saturated heterocycles. The summed E-state index contributed by atoms with van der Waals surface area (Å²) >= 11 is 2.51. The van der Waals surface area contributed by atoms with Crippen molar-refractivity contribution in [1.82, 2.24) is 10.2 Å². The zero-order valence-corrected chi connectivity index (χ0v) is 21.8. The van der Waals surface area contributed by atoms with Crippen LogP contribution in [0.4, 0.5) is 9.52 Å². The molecule has 0 spiro atoms. The normalized spacial score (nSPS) is 16.8. The maximum atomic E-state index is 13.2. The molecule has 1 aliphatic heterocycles. The number of hydrogen-bond acceptors (Lipinski definition) is 9. The fourth-order valence-electron chi connectivity index (χ4n) is 3.91. The number of ether oxygens (including phenoxy) is 1. The SMILES string of the molecule is CCCOc1ccc(/C(O)=C2/C(=O)C(=O)N(c3nnc(SCc4ccc(F)cc4)s3)C2c2ccco2)cc1.